The fraction of sp³-hybridized carbons (Fsp3) is 1.00. The van der Waals surface area contributed by atoms with Crippen molar-refractivity contribution in [2.75, 3.05) is 0 Å². The molecular weight excluding hydrogens is 473 g/mol. The SMILES string of the molecule is C[Si]1(C)O[Si](C)(C)O[Si](C)(CCC2CCC3OC3C2)O[Si](C)(CCC2CCC3OC3C2)O1. The standard InChI is InChI=1S/C22H44O6Si4/c1-29(2)25-30(3,4)27-32(6,14-12-18-8-10-20-22(16-18)24-20)28-31(5,26-29)13-11-17-7-9-19-21(15-17)23-19/h17-22H,7-16H2,1-6H3. The fourth-order valence-corrected chi connectivity index (χ4v) is 29.2. The van der Waals surface area contributed by atoms with Gasteiger partial charge in [0.15, 0.2) is 0 Å². The van der Waals surface area contributed by atoms with Gasteiger partial charge >= 0.3 is 34.2 Å². The van der Waals surface area contributed by atoms with Gasteiger partial charge < -0.3 is 25.9 Å². The summed E-state index contributed by atoms with van der Waals surface area (Å²) in [6.45, 7) is 13.3. The minimum Gasteiger partial charge on any atom is -0.416 e. The molecule has 3 heterocycles. The molecule has 0 aromatic heterocycles. The molecule has 5 rings (SSSR count). The first-order chi connectivity index (χ1) is 14.9. The Balaban J connectivity index is 1.26. The van der Waals surface area contributed by atoms with Crippen LogP contribution in [0.5, 0.6) is 0 Å². The number of epoxide rings is 2. The molecule has 5 aliphatic rings. The molecule has 8 unspecified atom stereocenters. The highest BCUT2D eigenvalue weighted by Crippen LogP contribution is 2.44. The van der Waals surface area contributed by atoms with E-state index in [-0.39, 0.29) is 0 Å². The van der Waals surface area contributed by atoms with Gasteiger partial charge in [0.2, 0.25) is 0 Å². The van der Waals surface area contributed by atoms with E-state index < -0.39 is 34.2 Å². The molecule has 6 nitrogen and oxygen atoms in total. The van der Waals surface area contributed by atoms with Gasteiger partial charge in [-0.05, 0) is 115 Å². The predicted octanol–water partition coefficient (Wildman–Crippen LogP) is 5.53. The van der Waals surface area contributed by atoms with Crippen LogP contribution in [-0.4, -0.2) is 58.7 Å². The first-order valence-corrected chi connectivity index (χ1v) is 23.7. The van der Waals surface area contributed by atoms with E-state index in [4.69, 9.17) is 25.9 Å². The van der Waals surface area contributed by atoms with E-state index in [2.05, 4.69) is 39.3 Å². The van der Waals surface area contributed by atoms with Crippen molar-refractivity contribution in [2.24, 2.45) is 11.8 Å². The van der Waals surface area contributed by atoms with Gasteiger partial charge in [0.05, 0.1) is 24.4 Å². The Hall–Kier alpha value is 0.628. The summed E-state index contributed by atoms with van der Waals surface area (Å²) in [6, 6.07) is 2.09. The topological polar surface area (TPSA) is 62.0 Å². The molecule has 2 saturated carbocycles. The summed E-state index contributed by atoms with van der Waals surface area (Å²) >= 11 is 0. The van der Waals surface area contributed by atoms with E-state index in [1.54, 1.807) is 0 Å². The Morgan fingerprint density at radius 3 is 1.38 bits per heavy atom. The zero-order chi connectivity index (χ0) is 22.8. The van der Waals surface area contributed by atoms with Crippen LogP contribution < -0.4 is 0 Å². The summed E-state index contributed by atoms with van der Waals surface area (Å²) < 4.78 is 39.2. The van der Waals surface area contributed by atoms with Crippen molar-refractivity contribution in [3.05, 3.63) is 0 Å². The van der Waals surface area contributed by atoms with Gasteiger partial charge in [-0.2, -0.15) is 0 Å². The highest BCUT2D eigenvalue weighted by atomic mass is 28.5. The zero-order valence-corrected chi connectivity index (χ0v) is 25.0. The molecular formula is C22H44O6Si4. The second kappa shape index (κ2) is 8.63. The maximum atomic E-state index is 7.15. The number of hydrogen-bond acceptors (Lipinski definition) is 6. The van der Waals surface area contributed by atoms with E-state index in [0.29, 0.717) is 24.4 Å². The third-order valence-corrected chi connectivity index (χ3v) is 25.3. The second-order valence-electron chi connectivity index (χ2n) is 12.3. The van der Waals surface area contributed by atoms with Crippen LogP contribution >= 0.6 is 0 Å². The van der Waals surface area contributed by atoms with Crippen molar-refractivity contribution in [3.8, 4) is 0 Å². The van der Waals surface area contributed by atoms with Gasteiger partial charge in [-0.1, -0.05) is 0 Å². The molecule has 0 N–H and O–H groups in total. The molecule has 0 spiro atoms. The largest absolute Gasteiger partial charge is 0.416 e. The Bertz CT molecular complexity index is 654. The number of hydrogen-bond donors (Lipinski definition) is 0. The maximum Gasteiger partial charge on any atom is 0.317 e. The van der Waals surface area contributed by atoms with Crippen molar-refractivity contribution >= 4 is 34.2 Å². The van der Waals surface area contributed by atoms with Crippen molar-refractivity contribution in [2.45, 2.75) is 127 Å². The second-order valence-corrected chi connectivity index (χ2v) is 26.7. The lowest BCUT2D eigenvalue weighted by Crippen LogP contribution is -2.65. The fourth-order valence-electron chi connectivity index (χ4n) is 6.81. The van der Waals surface area contributed by atoms with Gasteiger partial charge in [-0.3, -0.25) is 0 Å². The van der Waals surface area contributed by atoms with Crippen LogP contribution in [0.25, 0.3) is 0 Å². The molecule has 10 heteroatoms. The summed E-state index contributed by atoms with van der Waals surface area (Å²) in [6.07, 6.45) is 12.1. The van der Waals surface area contributed by atoms with Crippen LogP contribution in [0.2, 0.25) is 51.4 Å². The van der Waals surface area contributed by atoms with Crippen LogP contribution in [0.15, 0.2) is 0 Å². The third kappa shape index (κ3) is 6.06. The first-order valence-electron chi connectivity index (χ1n) is 13.0. The van der Waals surface area contributed by atoms with E-state index >= 15 is 0 Å². The van der Waals surface area contributed by atoms with Gasteiger partial charge in [0.1, 0.15) is 0 Å². The molecule has 0 bridgehead atoms. The molecule has 3 aliphatic heterocycles. The summed E-state index contributed by atoms with van der Waals surface area (Å²) in [5.41, 5.74) is 0. The minimum absolute atomic E-state index is 0.539. The Labute approximate surface area is 199 Å². The van der Waals surface area contributed by atoms with Crippen LogP contribution in [0.1, 0.15) is 51.4 Å². The number of rotatable bonds is 6. The third-order valence-electron chi connectivity index (χ3n) is 8.09. The molecule has 2 aliphatic carbocycles. The molecule has 3 saturated heterocycles. The number of fused-ring (bicyclic) bond motifs is 2. The molecule has 0 radical (unpaired) electrons. The number of ether oxygens (including phenoxy) is 2. The average Bonchev–Trinajstić information content (AvgIpc) is 3.55. The van der Waals surface area contributed by atoms with Crippen molar-refractivity contribution < 1.29 is 25.9 Å². The molecule has 0 aromatic rings. The van der Waals surface area contributed by atoms with E-state index in [1.165, 1.54) is 51.4 Å². The summed E-state index contributed by atoms with van der Waals surface area (Å²) in [5.74, 6) is 1.50. The molecule has 184 valence electrons. The Kier molecular flexibility index (Phi) is 6.56. The van der Waals surface area contributed by atoms with Gasteiger partial charge in [0.25, 0.3) is 0 Å². The highest BCUT2D eigenvalue weighted by Gasteiger charge is 2.55. The van der Waals surface area contributed by atoms with Crippen LogP contribution in [0, 0.1) is 11.8 Å². The van der Waals surface area contributed by atoms with Gasteiger partial charge in [-0.15, -0.1) is 0 Å². The molecule has 5 fully saturated rings. The summed E-state index contributed by atoms with van der Waals surface area (Å²) in [5, 5.41) is 0. The minimum atomic E-state index is -2.41. The average molecular weight is 517 g/mol. The quantitative estimate of drug-likeness (QED) is 0.342. The Morgan fingerprint density at radius 2 is 0.969 bits per heavy atom. The Morgan fingerprint density at radius 1 is 0.531 bits per heavy atom. The van der Waals surface area contributed by atoms with E-state index in [9.17, 15) is 0 Å². The maximum absolute atomic E-state index is 7.15. The lowest BCUT2D eigenvalue weighted by Gasteiger charge is -2.49. The van der Waals surface area contributed by atoms with Gasteiger partial charge in [0, 0.05) is 0 Å². The summed E-state index contributed by atoms with van der Waals surface area (Å²) in [7, 11) is -9.42. The van der Waals surface area contributed by atoms with Crippen molar-refractivity contribution in [1.82, 2.24) is 0 Å². The molecule has 32 heavy (non-hydrogen) atoms. The van der Waals surface area contributed by atoms with Crippen LogP contribution in [0.3, 0.4) is 0 Å². The normalized spacial score (nSPS) is 49.3. The van der Waals surface area contributed by atoms with E-state index in [1.807, 2.05) is 0 Å². The first kappa shape index (κ1) is 24.3. The van der Waals surface area contributed by atoms with Crippen molar-refractivity contribution in [3.63, 3.8) is 0 Å². The predicted molar refractivity (Wildman–Crippen MR) is 133 cm³/mol. The van der Waals surface area contributed by atoms with Crippen molar-refractivity contribution in [1.29, 1.82) is 0 Å². The molecule has 8 atom stereocenters. The zero-order valence-electron chi connectivity index (χ0n) is 21.0. The molecule has 0 aromatic carbocycles. The van der Waals surface area contributed by atoms with E-state index in [0.717, 1.165) is 23.9 Å². The van der Waals surface area contributed by atoms with Crippen LogP contribution in [0.4, 0.5) is 0 Å². The summed E-state index contributed by atoms with van der Waals surface area (Å²) in [4.78, 5) is 0. The van der Waals surface area contributed by atoms with Crippen LogP contribution in [-0.2, 0) is 25.9 Å². The lowest BCUT2D eigenvalue weighted by molar-refractivity contribution is 0.223. The monoisotopic (exact) mass is 516 g/mol. The highest BCUT2D eigenvalue weighted by molar-refractivity contribution is 6.93. The molecule has 0 amide bonds. The smallest absolute Gasteiger partial charge is 0.317 e. The van der Waals surface area contributed by atoms with Gasteiger partial charge in [-0.25, -0.2) is 0 Å². The lowest BCUT2D eigenvalue weighted by atomic mass is 9.88.